The first-order valence-electron chi connectivity index (χ1n) is 6.43. The van der Waals surface area contributed by atoms with E-state index >= 15 is 0 Å². The number of nitrogens with zero attached hydrogens (tertiary/aromatic N) is 1. The van der Waals surface area contributed by atoms with E-state index < -0.39 is 5.54 Å². The molecule has 1 aromatic carbocycles. The number of nitrogens with one attached hydrogen (secondary N) is 1. The maximum atomic E-state index is 12.2. The highest BCUT2D eigenvalue weighted by Gasteiger charge is 2.38. The average Bonchev–Trinajstić information content (AvgIpc) is 2.87. The lowest BCUT2D eigenvalue weighted by Gasteiger charge is -2.22. The van der Waals surface area contributed by atoms with Gasteiger partial charge in [-0.1, -0.05) is 12.1 Å². The summed E-state index contributed by atoms with van der Waals surface area (Å²) in [5.41, 5.74) is 5.89. The Morgan fingerprint density at radius 3 is 2.65 bits per heavy atom. The van der Waals surface area contributed by atoms with Crippen molar-refractivity contribution in [3.8, 4) is 0 Å². The van der Waals surface area contributed by atoms with Crippen LogP contribution in [-0.2, 0) is 9.53 Å². The molecule has 108 valence electrons. The number of benzene rings is 1. The Kier molecular flexibility index (Phi) is 4.06. The Morgan fingerprint density at radius 1 is 1.35 bits per heavy atom. The summed E-state index contributed by atoms with van der Waals surface area (Å²) in [5.74, 6) is -0.497. The number of hydrogen-bond acceptors (Lipinski definition) is 4. The first-order valence-corrected chi connectivity index (χ1v) is 6.43. The number of nitrogens with two attached hydrogens (primary N) is 1. The summed E-state index contributed by atoms with van der Waals surface area (Å²) in [6, 6.07) is 6.87. The zero-order valence-electron chi connectivity index (χ0n) is 11.7. The van der Waals surface area contributed by atoms with Crippen LogP contribution in [-0.4, -0.2) is 49.6 Å². The Bertz CT molecular complexity index is 522. The molecule has 1 aromatic rings. The number of amides is 2. The van der Waals surface area contributed by atoms with Crippen molar-refractivity contribution in [2.75, 3.05) is 32.6 Å². The topological polar surface area (TPSA) is 84.7 Å². The second kappa shape index (κ2) is 5.60. The van der Waals surface area contributed by atoms with E-state index in [9.17, 15) is 9.59 Å². The first-order chi connectivity index (χ1) is 9.44. The fourth-order valence-corrected chi connectivity index (χ4v) is 2.03. The second-order valence-corrected chi connectivity index (χ2v) is 5.16. The molecule has 0 aliphatic carbocycles. The molecular weight excluding hydrogens is 258 g/mol. The van der Waals surface area contributed by atoms with Crippen molar-refractivity contribution in [3.63, 3.8) is 0 Å². The van der Waals surface area contributed by atoms with Crippen molar-refractivity contribution in [1.82, 2.24) is 4.90 Å². The summed E-state index contributed by atoms with van der Waals surface area (Å²) in [7, 11) is 3.33. The lowest BCUT2D eigenvalue weighted by atomic mass is 9.99. The van der Waals surface area contributed by atoms with E-state index in [1.54, 1.807) is 38.4 Å². The van der Waals surface area contributed by atoms with Gasteiger partial charge in [-0.05, 0) is 18.6 Å². The molecular formula is C14H19N3O3. The summed E-state index contributed by atoms with van der Waals surface area (Å²) in [6.07, 6.45) is 0.475. The Morgan fingerprint density at radius 2 is 2.05 bits per heavy atom. The highest BCUT2D eigenvalue weighted by atomic mass is 16.5. The van der Waals surface area contributed by atoms with Gasteiger partial charge in [-0.15, -0.1) is 0 Å². The Labute approximate surface area is 117 Å². The van der Waals surface area contributed by atoms with Crippen LogP contribution >= 0.6 is 0 Å². The van der Waals surface area contributed by atoms with Crippen LogP contribution in [0.4, 0.5) is 5.69 Å². The summed E-state index contributed by atoms with van der Waals surface area (Å²) < 4.78 is 5.17. The van der Waals surface area contributed by atoms with Crippen LogP contribution in [0.15, 0.2) is 24.3 Å². The highest BCUT2D eigenvalue weighted by Crippen LogP contribution is 2.21. The SMILES string of the molecule is CN(C)C(=O)c1ccccc1NC(=O)C1(N)CCOC1. The number of rotatable bonds is 3. The highest BCUT2D eigenvalue weighted by molar-refractivity contribution is 6.05. The monoisotopic (exact) mass is 277 g/mol. The summed E-state index contributed by atoms with van der Waals surface area (Å²) in [6.45, 7) is 0.671. The molecule has 0 saturated carbocycles. The number of anilines is 1. The van der Waals surface area contributed by atoms with Gasteiger partial charge in [0.15, 0.2) is 0 Å². The predicted octanol–water partition coefficient (Wildman–Crippen LogP) is 0.445. The van der Waals surface area contributed by atoms with Crippen molar-refractivity contribution in [3.05, 3.63) is 29.8 Å². The molecule has 6 heteroatoms. The largest absolute Gasteiger partial charge is 0.379 e. The van der Waals surface area contributed by atoms with E-state index in [2.05, 4.69) is 5.32 Å². The molecule has 0 radical (unpaired) electrons. The van der Waals surface area contributed by atoms with Gasteiger partial charge in [-0.3, -0.25) is 9.59 Å². The minimum absolute atomic E-state index is 0.172. The zero-order chi connectivity index (χ0) is 14.8. The average molecular weight is 277 g/mol. The minimum Gasteiger partial charge on any atom is -0.379 e. The maximum absolute atomic E-state index is 12.2. The van der Waals surface area contributed by atoms with E-state index in [1.807, 2.05) is 0 Å². The van der Waals surface area contributed by atoms with Crippen LogP contribution in [0, 0.1) is 0 Å². The van der Waals surface area contributed by atoms with Gasteiger partial charge in [0.25, 0.3) is 5.91 Å². The second-order valence-electron chi connectivity index (χ2n) is 5.16. The van der Waals surface area contributed by atoms with Gasteiger partial charge in [0.1, 0.15) is 5.54 Å². The molecule has 0 aromatic heterocycles. The number of hydrogen-bond donors (Lipinski definition) is 2. The van der Waals surface area contributed by atoms with Crippen LogP contribution in [0.5, 0.6) is 0 Å². The van der Waals surface area contributed by atoms with E-state index in [1.165, 1.54) is 4.90 Å². The van der Waals surface area contributed by atoms with Crippen molar-refractivity contribution >= 4 is 17.5 Å². The zero-order valence-corrected chi connectivity index (χ0v) is 11.7. The summed E-state index contributed by atoms with van der Waals surface area (Å²) >= 11 is 0. The van der Waals surface area contributed by atoms with Gasteiger partial charge < -0.3 is 20.7 Å². The fourth-order valence-electron chi connectivity index (χ4n) is 2.03. The molecule has 0 spiro atoms. The van der Waals surface area contributed by atoms with Gasteiger partial charge in [0.05, 0.1) is 17.9 Å². The Balaban J connectivity index is 2.21. The molecule has 1 atom stereocenters. The lowest BCUT2D eigenvalue weighted by molar-refractivity contribution is -0.121. The van der Waals surface area contributed by atoms with Crippen LogP contribution in [0.1, 0.15) is 16.8 Å². The quantitative estimate of drug-likeness (QED) is 0.840. The van der Waals surface area contributed by atoms with Crippen molar-refractivity contribution in [2.24, 2.45) is 5.73 Å². The molecule has 6 nitrogen and oxygen atoms in total. The number of carbonyl (C=O) groups excluding carboxylic acids is 2. The van der Waals surface area contributed by atoms with Gasteiger partial charge in [0, 0.05) is 20.7 Å². The minimum atomic E-state index is -1.02. The van der Waals surface area contributed by atoms with Crippen molar-refractivity contribution < 1.29 is 14.3 Å². The van der Waals surface area contributed by atoms with E-state index in [0.717, 1.165) is 0 Å². The molecule has 1 aliphatic rings. The van der Waals surface area contributed by atoms with Crippen molar-refractivity contribution in [1.29, 1.82) is 0 Å². The fraction of sp³-hybridized carbons (Fsp3) is 0.429. The third-order valence-electron chi connectivity index (χ3n) is 3.32. The third kappa shape index (κ3) is 2.81. The molecule has 0 bridgehead atoms. The van der Waals surface area contributed by atoms with Gasteiger partial charge >= 0.3 is 0 Å². The maximum Gasteiger partial charge on any atom is 0.255 e. The number of carbonyl (C=O) groups is 2. The molecule has 1 fully saturated rings. The molecule has 1 aliphatic heterocycles. The van der Waals surface area contributed by atoms with Crippen LogP contribution in [0.25, 0.3) is 0 Å². The number of para-hydroxylation sites is 1. The molecule has 1 unspecified atom stereocenters. The van der Waals surface area contributed by atoms with Gasteiger partial charge in [-0.2, -0.15) is 0 Å². The lowest BCUT2D eigenvalue weighted by Crippen LogP contribution is -2.51. The van der Waals surface area contributed by atoms with Gasteiger partial charge in [0.2, 0.25) is 5.91 Å². The summed E-state index contributed by atoms with van der Waals surface area (Å²) in [5, 5.41) is 2.74. The predicted molar refractivity (Wildman–Crippen MR) is 75.4 cm³/mol. The van der Waals surface area contributed by atoms with Crippen LogP contribution < -0.4 is 11.1 Å². The van der Waals surface area contributed by atoms with E-state index in [-0.39, 0.29) is 18.4 Å². The van der Waals surface area contributed by atoms with Crippen LogP contribution in [0.3, 0.4) is 0 Å². The standard InChI is InChI=1S/C14H19N3O3/c1-17(2)12(18)10-5-3-4-6-11(10)16-13(19)14(15)7-8-20-9-14/h3-6H,7-9,15H2,1-2H3,(H,16,19). The van der Waals surface area contributed by atoms with E-state index in [4.69, 9.17) is 10.5 Å². The molecule has 2 amide bonds. The third-order valence-corrected chi connectivity index (χ3v) is 3.32. The van der Waals surface area contributed by atoms with Crippen molar-refractivity contribution in [2.45, 2.75) is 12.0 Å². The molecule has 2 rings (SSSR count). The smallest absolute Gasteiger partial charge is 0.255 e. The molecule has 20 heavy (non-hydrogen) atoms. The van der Waals surface area contributed by atoms with Crippen LogP contribution in [0.2, 0.25) is 0 Å². The number of ether oxygens (including phenoxy) is 1. The first kappa shape index (κ1) is 14.5. The molecule has 1 heterocycles. The normalized spacial score (nSPS) is 21.6. The molecule has 1 saturated heterocycles. The summed E-state index contributed by atoms with van der Waals surface area (Å²) in [4.78, 5) is 25.8. The van der Waals surface area contributed by atoms with Gasteiger partial charge in [-0.25, -0.2) is 0 Å². The Hall–Kier alpha value is -1.92. The van der Waals surface area contributed by atoms with E-state index in [0.29, 0.717) is 24.3 Å². The molecule has 3 N–H and O–H groups in total.